The van der Waals surface area contributed by atoms with Crippen molar-refractivity contribution in [2.24, 2.45) is 4.99 Å². The highest BCUT2D eigenvalue weighted by Gasteiger charge is 2.31. The SMILES string of the molecule is C=C.CC1/C=C\C=C/CC(=NCCCNS(=O)c2cccc(OC(F)(F)F)c2)NS1. The van der Waals surface area contributed by atoms with Crippen molar-refractivity contribution < 1.29 is 22.1 Å². The third-order valence-electron chi connectivity index (χ3n) is 3.43. The molecule has 2 unspecified atom stereocenters. The standard InChI is InChI=1S/C18H22F3N3O2S2.C2H4/c1-14-7-3-2-4-10-17(24-27-14)22-11-6-12-23-28(25)16-9-5-8-15(13-16)26-18(19,20)21;1-2/h2-5,7-9,13-14,23H,6,10-12H2,1H3,(H,22,24);1-2H2/b4-2-,7-3-;. The summed E-state index contributed by atoms with van der Waals surface area (Å²) < 4.78 is 58.8. The van der Waals surface area contributed by atoms with Crippen LogP contribution in [-0.2, 0) is 11.0 Å². The topological polar surface area (TPSA) is 62.7 Å². The number of benzene rings is 1. The van der Waals surface area contributed by atoms with Gasteiger partial charge in [-0.1, -0.05) is 30.4 Å². The molecule has 2 N–H and O–H groups in total. The minimum atomic E-state index is -4.78. The predicted octanol–water partition coefficient (Wildman–Crippen LogP) is 4.93. The molecule has 0 saturated heterocycles. The normalized spacial score (nSPS) is 21.1. The molecule has 0 saturated carbocycles. The van der Waals surface area contributed by atoms with E-state index in [1.165, 1.54) is 12.1 Å². The van der Waals surface area contributed by atoms with Crippen molar-refractivity contribution in [3.05, 3.63) is 61.7 Å². The molecule has 1 aromatic carbocycles. The van der Waals surface area contributed by atoms with E-state index < -0.39 is 23.1 Å². The van der Waals surface area contributed by atoms with E-state index in [9.17, 15) is 17.4 Å². The molecule has 2 rings (SSSR count). The van der Waals surface area contributed by atoms with Gasteiger partial charge in [-0.2, -0.15) is 0 Å². The van der Waals surface area contributed by atoms with Crippen LogP contribution in [0.3, 0.4) is 0 Å². The fourth-order valence-electron chi connectivity index (χ4n) is 2.15. The molecule has 0 radical (unpaired) electrons. The van der Waals surface area contributed by atoms with E-state index in [4.69, 9.17) is 0 Å². The Balaban J connectivity index is 0.00000218. The zero-order valence-corrected chi connectivity index (χ0v) is 18.3. The Morgan fingerprint density at radius 2 is 2.13 bits per heavy atom. The van der Waals surface area contributed by atoms with E-state index in [1.807, 2.05) is 18.2 Å². The molecular weight excluding hydrogens is 435 g/mol. The molecule has 0 aromatic heterocycles. The van der Waals surface area contributed by atoms with Crippen molar-refractivity contribution in [2.45, 2.75) is 36.3 Å². The van der Waals surface area contributed by atoms with Crippen LogP contribution in [0.2, 0.25) is 0 Å². The summed E-state index contributed by atoms with van der Waals surface area (Å²) in [5.74, 6) is 0.474. The summed E-state index contributed by atoms with van der Waals surface area (Å²) >= 11 is 1.58. The van der Waals surface area contributed by atoms with Crippen molar-refractivity contribution in [1.82, 2.24) is 9.44 Å². The van der Waals surface area contributed by atoms with Crippen LogP contribution in [0.15, 0.2) is 71.6 Å². The van der Waals surface area contributed by atoms with Crippen LogP contribution in [0.4, 0.5) is 13.2 Å². The third kappa shape index (κ3) is 11.2. The third-order valence-corrected chi connectivity index (χ3v) is 5.46. The van der Waals surface area contributed by atoms with Gasteiger partial charge in [0, 0.05) is 24.8 Å². The molecule has 10 heteroatoms. The summed E-state index contributed by atoms with van der Waals surface area (Å²) in [6.45, 7) is 9.04. The van der Waals surface area contributed by atoms with Crippen molar-refractivity contribution in [3.63, 3.8) is 0 Å². The van der Waals surface area contributed by atoms with E-state index in [0.717, 1.165) is 18.0 Å². The quantitative estimate of drug-likeness (QED) is 0.343. The maximum Gasteiger partial charge on any atom is 0.573 e. The second-order valence-corrected chi connectivity index (χ2v) is 8.29. The van der Waals surface area contributed by atoms with Crippen molar-refractivity contribution in [1.29, 1.82) is 0 Å². The largest absolute Gasteiger partial charge is 0.573 e. The maximum absolute atomic E-state index is 12.3. The minimum Gasteiger partial charge on any atom is -0.406 e. The number of halogens is 3. The lowest BCUT2D eigenvalue weighted by Gasteiger charge is -2.11. The van der Waals surface area contributed by atoms with Gasteiger partial charge in [0.15, 0.2) is 0 Å². The van der Waals surface area contributed by atoms with Crippen LogP contribution in [-0.4, -0.2) is 34.7 Å². The average Bonchev–Trinajstić information content (AvgIpc) is 2.80. The second kappa shape index (κ2) is 14.1. The van der Waals surface area contributed by atoms with Gasteiger partial charge in [0.25, 0.3) is 0 Å². The summed E-state index contributed by atoms with van der Waals surface area (Å²) in [6.07, 6.45) is 4.66. The van der Waals surface area contributed by atoms with Crippen LogP contribution in [0.5, 0.6) is 5.75 Å². The molecule has 30 heavy (non-hydrogen) atoms. The molecular formula is C20H26F3N3O2S2. The highest BCUT2D eigenvalue weighted by Crippen LogP contribution is 2.24. The lowest BCUT2D eigenvalue weighted by molar-refractivity contribution is -0.274. The van der Waals surface area contributed by atoms with Crippen LogP contribution >= 0.6 is 11.9 Å². The highest BCUT2D eigenvalue weighted by atomic mass is 32.2. The predicted molar refractivity (Wildman–Crippen MR) is 119 cm³/mol. The molecule has 166 valence electrons. The van der Waals surface area contributed by atoms with Gasteiger partial charge in [-0.05, 0) is 43.5 Å². The molecule has 1 aliphatic heterocycles. The van der Waals surface area contributed by atoms with Gasteiger partial charge < -0.3 is 9.46 Å². The first-order chi connectivity index (χ1) is 14.3. The number of allylic oxidation sites excluding steroid dienone is 2. The van der Waals surface area contributed by atoms with Crippen LogP contribution in [0, 0.1) is 0 Å². The average molecular weight is 462 g/mol. The number of hydrogen-bond donors (Lipinski definition) is 2. The van der Waals surface area contributed by atoms with Crippen molar-refractivity contribution >= 4 is 28.8 Å². The zero-order valence-electron chi connectivity index (χ0n) is 16.7. The molecule has 0 aliphatic carbocycles. The van der Waals surface area contributed by atoms with Crippen LogP contribution in [0.25, 0.3) is 0 Å². The number of amidine groups is 1. The molecule has 0 spiro atoms. The number of nitrogens with zero attached hydrogens (tertiary/aromatic N) is 1. The lowest BCUT2D eigenvalue weighted by Crippen LogP contribution is -2.21. The van der Waals surface area contributed by atoms with E-state index in [-0.39, 0.29) is 4.90 Å². The summed E-state index contributed by atoms with van der Waals surface area (Å²) in [5, 5.41) is 0.328. The van der Waals surface area contributed by atoms with Gasteiger partial charge in [-0.15, -0.1) is 26.3 Å². The highest BCUT2D eigenvalue weighted by molar-refractivity contribution is 7.98. The molecule has 2 atom stereocenters. The molecule has 0 bridgehead atoms. The van der Waals surface area contributed by atoms with E-state index in [2.05, 4.69) is 45.3 Å². The Hall–Kier alpha value is -2.04. The Kier molecular flexibility index (Phi) is 12.2. The Labute approximate surface area is 182 Å². The number of ether oxygens (including phenoxy) is 1. The number of rotatable bonds is 7. The molecule has 1 aromatic rings. The van der Waals surface area contributed by atoms with Gasteiger partial charge in [0.2, 0.25) is 0 Å². The van der Waals surface area contributed by atoms with Crippen LogP contribution in [0.1, 0.15) is 19.8 Å². The van der Waals surface area contributed by atoms with Gasteiger partial charge in [0.05, 0.1) is 4.90 Å². The fourth-order valence-corrected chi connectivity index (χ4v) is 3.71. The Morgan fingerprint density at radius 3 is 2.87 bits per heavy atom. The van der Waals surface area contributed by atoms with Gasteiger partial charge in [-0.3, -0.25) is 4.99 Å². The number of hydrogen-bond acceptors (Lipinski definition) is 4. The van der Waals surface area contributed by atoms with Gasteiger partial charge in [-0.25, -0.2) is 8.93 Å². The Morgan fingerprint density at radius 1 is 1.37 bits per heavy atom. The lowest BCUT2D eigenvalue weighted by atomic mass is 10.3. The first-order valence-electron chi connectivity index (χ1n) is 9.13. The van der Waals surface area contributed by atoms with Crippen LogP contribution < -0.4 is 14.2 Å². The van der Waals surface area contributed by atoms with E-state index >= 15 is 0 Å². The molecule has 0 amide bonds. The van der Waals surface area contributed by atoms with E-state index in [0.29, 0.717) is 31.2 Å². The molecule has 1 aliphatic rings. The number of alkyl halides is 3. The summed E-state index contributed by atoms with van der Waals surface area (Å²) in [5.41, 5.74) is 0. The zero-order chi connectivity index (χ0) is 22.4. The van der Waals surface area contributed by atoms with Crippen molar-refractivity contribution in [2.75, 3.05) is 13.1 Å². The minimum absolute atomic E-state index is 0.217. The Bertz CT molecular complexity index is 768. The summed E-state index contributed by atoms with van der Waals surface area (Å²) in [6, 6.07) is 5.12. The van der Waals surface area contributed by atoms with Gasteiger partial charge >= 0.3 is 6.36 Å². The first kappa shape index (κ1) is 26.0. The first-order valence-corrected chi connectivity index (χ1v) is 11.2. The van der Waals surface area contributed by atoms with E-state index in [1.54, 1.807) is 11.9 Å². The summed E-state index contributed by atoms with van der Waals surface area (Å²) in [7, 11) is -1.63. The second-order valence-electron chi connectivity index (χ2n) is 5.81. The van der Waals surface area contributed by atoms with Gasteiger partial charge in [0.1, 0.15) is 22.6 Å². The molecule has 1 heterocycles. The summed E-state index contributed by atoms with van der Waals surface area (Å²) in [4.78, 5) is 4.72. The fraction of sp³-hybridized carbons (Fsp3) is 0.350. The van der Waals surface area contributed by atoms with Crippen molar-refractivity contribution in [3.8, 4) is 5.75 Å². The monoisotopic (exact) mass is 461 g/mol. The molecule has 5 nitrogen and oxygen atoms in total. The number of aliphatic imine (C=N–C) groups is 1. The maximum atomic E-state index is 12.3. The smallest absolute Gasteiger partial charge is 0.406 e. The molecule has 0 fully saturated rings. The number of nitrogens with one attached hydrogen (secondary N) is 2.